The van der Waals surface area contributed by atoms with Gasteiger partial charge in [-0.05, 0) is 56.9 Å². The van der Waals surface area contributed by atoms with E-state index in [1.807, 2.05) is 41.9 Å². The number of nitrogens with zero attached hydrogens (tertiary/aromatic N) is 6. The van der Waals surface area contributed by atoms with Gasteiger partial charge in [-0.25, -0.2) is 14.8 Å². The summed E-state index contributed by atoms with van der Waals surface area (Å²) in [6.45, 7) is 6.13. The van der Waals surface area contributed by atoms with Gasteiger partial charge in [0, 0.05) is 41.9 Å². The maximum atomic E-state index is 13.1. The van der Waals surface area contributed by atoms with Crippen LogP contribution < -0.4 is 10.1 Å². The molecule has 1 N–H and O–H groups in total. The molecule has 4 aromatic rings. The third kappa shape index (κ3) is 4.32. The Labute approximate surface area is 214 Å². The Bertz CT molecular complexity index is 1520. The van der Waals surface area contributed by atoms with Crippen LogP contribution in [0.3, 0.4) is 0 Å². The van der Waals surface area contributed by atoms with Crippen LogP contribution in [0.1, 0.15) is 56.6 Å². The molecule has 1 saturated carbocycles. The molecule has 1 aliphatic carbocycles. The molecule has 3 aromatic heterocycles. The Hall–Kier alpha value is -4.21. The summed E-state index contributed by atoms with van der Waals surface area (Å²) in [6, 6.07) is 9.64. The van der Waals surface area contributed by atoms with E-state index in [1.54, 1.807) is 22.6 Å². The molecule has 37 heavy (non-hydrogen) atoms. The molecular formula is C27H29N7O3. The number of aromatic nitrogens is 5. The van der Waals surface area contributed by atoms with Crippen molar-refractivity contribution in [3.63, 3.8) is 0 Å². The predicted octanol–water partition coefficient (Wildman–Crippen LogP) is 4.69. The van der Waals surface area contributed by atoms with Crippen LogP contribution in [0.2, 0.25) is 0 Å². The zero-order chi connectivity index (χ0) is 25.7. The number of anilines is 1. The second kappa shape index (κ2) is 9.02. The van der Waals surface area contributed by atoms with Crippen molar-refractivity contribution < 1.29 is 14.3 Å². The quantitative estimate of drug-likeness (QED) is 0.427. The Kier molecular flexibility index (Phi) is 5.66. The lowest BCUT2D eigenvalue weighted by Crippen LogP contribution is -2.41. The summed E-state index contributed by atoms with van der Waals surface area (Å²) in [4.78, 5) is 35.6. The van der Waals surface area contributed by atoms with E-state index < -0.39 is 0 Å². The first-order valence-corrected chi connectivity index (χ1v) is 12.7. The second-order valence-electron chi connectivity index (χ2n) is 9.79. The molecule has 1 atom stereocenters. The third-order valence-electron chi connectivity index (χ3n) is 7.15. The predicted molar refractivity (Wildman–Crippen MR) is 138 cm³/mol. The molecule has 0 bridgehead atoms. The highest BCUT2D eigenvalue weighted by Gasteiger charge is 2.29. The Morgan fingerprint density at radius 3 is 2.76 bits per heavy atom. The minimum absolute atomic E-state index is 0.0281. The molecule has 0 unspecified atom stereocenters. The molecule has 1 aromatic carbocycles. The first-order valence-electron chi connectivity index (χ1n) is 12.7. The number of carbonyl (C=O) groups is 2. The largest absolute Gasteiger partial charge is 0.439 e. The van der Waals surface area contributed by atoms with Gasteiger partial charge in [0.25, 0.3) is 0 Å². The zero-order valence-electron chi connectivity index (χ0n) is 21.1. The SMILES string of the molecule is CCc1cc(NC(=O)n2ccc3cc(Oc4ncnc5c4C[C@H](C)N(C(C)=O)C5)ccc32)nn1C1CC1. The van der Waals surface area contributed by atoms with Gasteiger partial charge in [-0.3, -0.25) is 19.4 Å². The molecule has 10 heteroatoms. The summed E-state index contributed by atoms with van der Waals surface area (Å²) in [5.41, 5.74) is 3.61. The summed E-state index contributed by atoms with van der Waals surface area (Å²) >= 11 is 0. The molecule has 190 valence electrons. The van der Waals surface area contributed by atoms with Crippen molar-refractivity contribution in [1.82, 2.24) is 29.2 Å². The van der Waals surface area contributed by atoms with Gasteiger partial charge in [0.1, 0.15) is 12.1 Å². The monoisotopic (exact) mass is 499 g/mol. The first-order chi connectivity index (χ1) is 17.9. The lowest BCUT2D eigenvalue weighted by molar-refractivity contribution is -0.132. The van der Waals surface area contributed by atoms with E-state index in [0.717, 1.165) is 47.1 Å². The van der Waals surface area contributed by atoms with E-state index in [9.17, 15) is 9.59 Å². The van der Waals surface area contributed by atoms with Gasteiger partial charge in [0.15, 0.2) is 5.82 Å². The fourth-order valence-corrected chi connectivity index (χ4v) is 5.04. The lowest BCUT2D eigenvalue weighted by Gasteiger charge is -2.33. The van der Waals surface area contributed by atoms with Crippen molar-refractivity contribution in [2.75, 3.05) is 5.32 Å². The average molecular weight is 500 g/mol. The Morgan fingerprint density at radius 1 is 1.16 bits per heavy atom. The highest BCUT2D eigenvalue weighted by molar-refractivity contribution is 5.98. The van der Waals surface area contributed by atoms with E-state index >= 15 is 0 Å². The zero-order valence-corrected chi connectivity index (χ0v) is 21.1. The lowest BCUT2D eigenvalue weighted by atomic mass is 9.99. The summed E-state index contributed by atoms with van der Waals surface area (Å²) in [5.74, 6) is 1.71. The van der Waals surface area contributed by atoms with Gasteiger partial charge in [-0.2, -0.15) is 5.10 Å². The fraction of sp³-hybridized carbons (Fsp3) is 0.370. The summed E-state index contributed by atoms with van der Waals surface area (Å²) in [6.07, 6.45) is 6.99. The number of ether oxygens (including phenoxy) is 1. The van der Waals surface area contributed by atoms with Crippen LogP contribution in [0.5, 0.6) is 11.6 Å². The topological polar surface area (TPSA) is 107 Å². The smallest absolute Gasteiger partial charge is 0.331 e. The van der Waals surface area contributed by atoms with Crippen LogP contribution in [-0.4, -0.2) is 47.2 Å². The van der Waals surface area contributed by atoms with Crippen molar-refractivity contribution in [3.8, 4) is 11.6 Å². The minimum atomic E-state index is -0.263. The van der Waals surface area contributed by atoms with Gasteiger partial charge in [-0.15, -0.1) is 0 Å². The molecule has 0 spiro atoms. The Morgan fingerprint density at radius 2 is 2.00 bits per heavy atom. The molecule has 4 heterocycles. The number of rotatable bonds is 5. The molecule has 2 amide bonds. The van der Waals surface area contributed by atoms with Gasteiger partial charge in [0.05, 0.1) is 23.8 Å². The fourth-order valence-electron chi connectivity index (χ4n) is 5.04. The van der Waals surface area contributed by atoms with E-state index in [4.69, 9.17) is 4.74 Å². The molecule has 1 aliphatic heterocycles. The van der Waals surface area contributed by atoms with Crippen molar-refractivity contribution in [2.24, 2.45) is 0 Å². The van der Waals surface area contributed by atoms with Gasteiger partial charge in [0.2, 0.25) is 11.8 Å². The first kappa shape index (κ1) is 23.2. The van der Waals surface area contributed by atoms with Gasteiger partial charge < -0.3 is 9.64 Å². The van der Waals surface area contributed by atoms with E-state index in [0.29, 0.717) is 36.5 Å². The number of carbonyl (C=O) groups excluding carboxylic acids is 2. The Balaban J connectivity index is 1.21. The third-order valence-corrected chi connectivity index (χ3v) is 7.15. The van der Waals surface area contributed by atoms with Crippen LogP contribution in [0.25, 0.3) is 10.9 Å². The highest BCUT2D eigenvalue weighted by Crippen LogP contribution is 2.36. The van der Waals surface area contributed by atoms with Crippen LogP contribution >= 0.6 is 0 Å². The maximum absolute atomic E-state index is 13.1. The number of nitrogens with one attached hydrogen (secondary N) is 1. The molecular weight excluding hydrogens is 470 g/mol. The molecule has 6 rings (SSSR count). The number of hydrogen-bond acceptors (Lipinski definition) is 6. The molecule has 0 radical (unpaired) electrons. The average Bonchev–Trinajstić information content (AvgIpc) is 3.51. The minimum Gasteiger partial charge on any atom is -0.439 e. The van der Waals surface area contributed by atoms with E-state index in [1.165, 1.54) is 6.33 Å². The van der Waals surface area contributed by atoms with Crippen LogP contribution in [0.15, 0.2) is 42.9 Å². The summed E-state index contributed by atoms with van der Waals surface area (Å²) in [7, 11) is 0. The normalized spacial score (nSPS) is 17.1. The standard InChI is InChI=1S/C27H29N7O3/c1-4-19-13-25(31-34(19)20-5-6-20)30-27(36)32-10-9-18-12-21(7-8-24(18)32)37-26-22-11-16(2)33(17(3)35)14-23(22)28-15-29-26/h7-10,12-13,15-16,20H,4-6,11,14H2,1-3H3,(H,30,31,36)/t16-/m0/s1. The van der Waals surface area contributed by atoms with Gasteiger partial charge in [-0.1, -0.05) is 6.92 Å². The van der Waals surface area contributed by atoms with Crippen molar-refractivity contribution in [2.45, 2.75) is 65.1 Å². The second-order valence-corrected chi connectivity index (χ2v) is 9.79. The van der Waals surface area contributed by atoms with Crippen LogP contribution in [-0.2, 0) is 24.2 Å². The molecule has 1 fully saturated rings. The molecule has 2 aliphatic rings. The van der Waals surface area contributed by atoms with Crippen LogP contribution in [0, 0.1) is 0 Å². The molecule has 10 nitrogen and oxygen atoms in total. The van der Waals surface area contributed by atoms with Crippen molar-refractivity contribution in [3.05, 3.63) is 59.8 Å². The summed E-state index contributed by atoms with van der Waals surface area (Å²) < 4.78 is 9.79. The van der Waals surface area contributed by atoms with Crippen molar-refractivity contribution >= 4 is 28.7 Å². The van der Waals surface area contributed by atoms with E-state index in [2.05, 4.69) is 27.3 Å². The number of hydrogen-bond donors (Lipinski definition) is 1. The number of aryl methyl sites for hydroxylation is 1. The highest BCUT2D eigenvalue weighted by atomic mass is 16.5. The molecule has 0 saturated heterocycles. The number of fused-ring (bicyclic) bond motifs is 2. The number of benzene rings is 1. The van der Waals surface area contributed by atoms with Crippen molar-refractivity contribution in [1.29, 1.82) is 0 Å². The summed E-state index contributed by atoms with van der Waals surface area (Å²) in [5, 5.41) is 8.41. The number of amides is 2. The van der Waals surface area contributed by atoms with Gasteiger partial charge >= 0.3 is 6.03 Å². The van der Waals surface area contributed by atoms with Crippen LogP contribution in [0.4, 0.5) is 10.6 Å². The van der Waals surface area contributed by atoms with E-state index in [-0.39, 0.29) is 18.0 Å². The maximum Gasteiger partial charge on any atom is 0.331 e.